The van der Waals surface area contributed by atoms with Crippen LogP contribution in [0.1, 0.15) is 29.8 Å². The number of carbonyl (C=O) groups excluding carboxylic acids is 2. The van der Waals surface area contributed by atoms with Crippen molar-refractivity contribution in [3.8, 4) is 0 Å². The van der Waals surface area contributed by atoms with Gasteiger partial charge in [0.2, 0.25) is 0 Å². The largest absolute Gasteiger partial charge is 0.449 e. The van der Waals surface area contributed by atoms with E-state index in [0.717, 1.165) is 5.56 Å². The van der Waals surface area contributed by atoms with Gasteiger partial charge in [-0.3, -0.25) is 9.00 Å². The van der Waals surface area contributed by atoms with E-state index in [1.165, 1.54) is 13.0 Å². The van der Waals surface area contributed by atoms with Crippen LogP contribution >= 0.6 is 11.6 Å². The summed E-state index contributed by atoms with van der Waals surface area (Å²) in [4.78, 5) is 25.1. The summed E-state index contributed by atoms with van der Waals surface area (Å²) in [6.45, 7) is 5.03. The van der Waals surface area contributed by atoms with Crippen LogP contribution in [0.15, 0.2) is 47.4 Å². The molecule has 0 saturated carbocycles. The molecule has 1 N–H and O–H groups in total. The lowest BCUT2D eigenvalue weighted by molar-refractivity contribution is -0.123. The van der Waals surface area contributed by atoms with Gasteiger partial charge in [0.25, 0.3) is 5.91 Å². The average molecular weight is 394 g/mol. The highest BCUT2D eigenvalue weighted by molar-refractivity contribution is 7.85. The normalized spacial score (nSPS) is 12.9. The molecule has 0 spiro atoms. The number of ether oxygens (including phenoxy) is 1. The molecule has 0 aliphatic carbocycles. The third-order valence-corrected chi connectivity index (χ3v) is 5.57. The van der Waals surface area contributed by atoms with Crippen LogP contribution in [0.25, 0.3) is 0 Å². The number of benzene rings is 2. The SMILES string of the molecule is CC[S@@](=O)c1ccccc1C(=O)O[C@@H](C)C(=O)Nc1cccc(Cl)c1C. The van der Waals surface area contributed by atoms with Gasteiger partial charge in [0.1, 0.15) is 0 Å². The number of anilines is 1. The van der Waals surface area contributed by atoms with Crippen LogP contribution in [0.2, 0.25) is 5.02 Å². The quantitative estimate of drug-likeness (QED) is 0.754. The van der Waals surface area contributed by atoms with Crippen LogP contribution in [0.4, 0.5) is 5.69 Å². The first-order valence-corrected chi connectivity index (χ1v) is 9.79. The van der Waals surface area contributed by atoms with E-state index in [4.69, 9.17) is 16.3 Å². The van der Waals surface area contributed by atoms with Crippen molar-refractivity contribution in [3.63, 3.8) is 0 Å². The Kier molecular flexibility index (Phi) is 6.94. The molecule has 0 fully saturated rings. The van der Waals surface area contributed by atoms with E-state index in [9.17, 15) is 13.8 Å². The van der Waals surface area contributed by atoms with Gasteiger partial charge in [0.15, 0.2) is 6.10 Å². The molecule has 0 radical (unpaired) electrons. The number of carbonyl (C=O) groups is 2. The van der Waals surface area contributed by atoms with E-state index in [1.807, 2.05) is 0 Å². The molecule has 2 aromatic carbocycles. The molecule has 138 valence electrons. The fourth-order valence-electron chi connectivity index (χ4n) is 2.24. The molecule has 0 heterocycles. The highest BCUT2D eigenvalue weighted by atomic mass is 35.5. The Morgan fingerprint density at radius 1 is 1.19 bits per heavy atom. The Bertz CT molecular complexity index is 853. The van der Waals surface area contributed by atoms with Crippen LogP contribution in [0.3, 0.4) is 0 Å². The second-order valence-corrected chi connectivity index (χ2v) is 7.69. The topological polar surface area (TPSA) is 72.5 Å². The molecule has 0 bridgehead atoms. The molecule has 0 aliphatic rings. The van der Waals surface area contributed by atoms with Crippen molar-refractivity contribution in [1.29, 1.82) is 0 Å². The van der Waals surface area contributed by atoms with Crippen LogP contribution in [0.5, 0.6) is 0 Å². The zero-order valence-corrected chi connectivity index (χ0v) is 16.3. The van der Waals surface area contributed by atoms with Crippen molar-refractivity contribution in [1.82, 2.24) is 0 Å². The highest BCUT2D eigenvalue weighted by Crippen LogP contribution is 2.23. The van der Waals surface area contributed by atoms with Crippen molar-refractivity contribution < 1.29 is 18.5 Å². The van der Waals surface area contributed by atoms with Gasteiger partial charge in [0.05, 0.1) is 21.3 Å². The molecule has 5 nitrogen and oxygen atoms in total. The molecule has 2 aromatic rings. The molecule has 0 saturated heterocycles. The summed E-state index contributed by atoms with van der Waals surface area (Å²) < 4.78 is 17.3. The zero-order valence-electron chi connectivity index (χ0n) is 14.7. The number of hydrogen-bond donors (Lipinski definition) is 1. The third kappa shape index (κ3) is 4.71. The minimum Gasteiger partial charge on any atom is -0.449 e. The zero-order chi connectivity index (χ0) is 19.3. The number of esters is 1. The van der Waals surface area contributed by atoms with Gasteiger partial charge in [0, 0.05) is 16.5 Å². The fraction of sp³-hybridized carbons (Fsp3) is 0.263. The highest BCUT2D eigenvalue weighted by Gasteiger charge is 2.22. The predicted molar refractivity (Wildman–Crippen MR) is 103 cm³/mol. The lowest BCUT2D eigenvalue weighted by atomic mass is 10.2. The Morgan fingerprint density at radius 2 is 1.88 bits per heavy atom. The lowest BCUT2D eigenvalue weighted by Crippen LogP contribution is -2.30. The summed E-state index contributed by atoms with van der Waals surface area (Å²) in [5.41, 5.74) is 1.48. The number of halogens is 1. The van der Waals surface area contributed by atoms with Crippen molar-refractivity contribution in [2.45, 2.75) is 31.8 Å². The maximum atomic E-state index is 12.4. The van der Waals surface area contributed by atoms with Crippen molar-refractivity contribution in [2.24, 2.45) is 0 Å². The summed E-state index contributed by atoms with van der Waals surface area (Å²) in [5, 5.41) is 3.23. The number of rotatable bonds is 6. The predicted octanol–water partition coefficient (Wildman–Crippen LogP) is 3.96. The molecule has 26 heavy (non-hydrogen) atoms. The van der Waals surface area contributed by atoms with E-state index >= 15 is 0 Å². The molecule has 0 aliphatic heterocycles. The third-order valence-electron chi connectivity index (χ3n) is 3.79. The van der Waals surface area contributed by atoms with E-state index in [0.29, 0.717) is 21.4 Å². The summed E-state index contributed by atoms with van der Waals surface area (Å²) in [7, 11) is -1.30. The Labute approximate surface area is 160 Å². The summed E-state index contributed by atoms with van der Waals surface area (Å²) in [5.74, 6) is -0.778. The molecular weight excluding hydrogens is 374 g/mol. The van der Waals surface area contributed by atoms with Crippen molar-refractivity contribution in [2.75, 3.05) is 11.1 Å². The molecule has 1 amide bonds. The number of amides is 1. The molecule has 7 heteroatoms. The molecule has 2 rings (SSSR count). The van der Waals surface area contributed by atoms with Crippen LogP contribution in [0, 0.1) is 6.92 Å². The number of nitrogens with one attached hydrogen (secondary N) is 1. The minimum absolute atomic E-state index is 0.200. The first kappa shape index (κ1) is 20.1. The standard InChI is InChI=1S/C19H20ClNO4S/c1-4-26(24)17-11-6-5-8-14(17)19(23)25-13(3)18(22)21-16-10-7-9-15(20)12(16)2/h5-11,13H,4H2,1-3H3,(H,21,22)/t13-,26+/m0/s1. The molecule has 0 unspecified atom stereocenters. The van der Waals surface area contributed by atoms with Gasteiger partial charge in [-0.1, -0.05) is 36.7 Å². The van der Waals surface area contributed by atoms with E-state index in [-0.39, 0.29) is 5.56 Å². The smallest absolute Gasteiger partial charge is 0.340 e. The van der Waals surface area contributed by atoms with Gasteiger partial charge < -0.3 is 10.1 Å². The van der Waals surface area contributed by atoms with E-state index < -0.39 is 28.8 Å². The molecule has 2 atom stereocenters. The van der Waals surface area contributed by atoms with Crippen LogP contribution < -0.4 is 5.32 Å². The summed E-state index contributed by atoms with van der Waals surface area (Å²) in [6, 6.07) is 11.7. The minimum atomic E-state index is -1.30. The fourth-order valence-corrected chi connectivity index (χ4v) is 3.36. The Hall–Kier alpha value is -2.18. The Balaban J connectivity index is 2.11. The first-order valence-electron chi connectivity index (χ1n) is 8.09. The average Bonchev–Trinajstić information content (AvgIpc) is 2.64. The Morgan fingerprint density at radius 3 is 2.58 bits per heavy atom. The van der Waals surface area contributed by atoms with Crippen LogP contribution in [-0.2, 0) is 20.3 Å². The molecular formula is C19H20ClNO4S. The maximum absolute atomic E-state index is 12.4. The van der Waals surface area contributed by atoms with E-state index in [1.54, 1.807) is 50.2 Å². The van der Waals surface area contributed by atoms with Crippen LogP contribution in [-0.4, -0.2) is 27.9 Å². The molecule has 0 aromatic heterocycles. The summed E-state index contributed by atoms with van der Waals surface area (Å²) in [6.07, 6.45) is -1.02. The van der Waals surface area contributed by atoms with Crippen molar-refractivity contribution in [3.05, 3.63) is 58.6 Å². The monoisotopic (exact) mass is 393 g/mol. The van der Waals surface area contributed by atoms with Gasteiger partial charge in [-0.05, 0) is 43.7 Å². The maximum Gasteiger partial charge on any atom is 0.340 e. The van der Waals surface area contributed by atoms with Gasteiger partial charge in [-0.2, -0.15) is 0 Å². The number of hydrogen-bond acceptors (Lipinski definition) is 4. The van der Waals surface area contributed by atoms with Gasteiger partial charge in [-0.15, -0.1) is 0 Å². The summed E-state index contributed by atoms with van der Waals surface area (Å²) >= 11 is 6.04. The van der Waals surface area contributed by atoms with Gasteiger partial charge in [-0.25, -0.2) is 4.79 Å². The second kappa shape index (κ2) is 8.96. The van der Waals surface area contributed by atoms with Gasteiger partial charge >= 0.3 is 5.97 Å². The van der Waals surface area contributed by atoms with E-state index in [2.05, 4.69) is 5.32 Å². The first-order chi connectivity index (χ1) is 12.3. The lowest BCUT2D eigenvalue weighted by Gasteiger charge is -2.16. The second-order valence-electron chi connectivity index (χ2n) is 5.58. The van der Waals surface area contributed by atoms with Crippen molar-refractivity contribution >= 4 is 40.0 Å².